The molecule has 0 saturated heterocycles. The van der Waals surface area contributed by atoms with Crippen LogP contribution < -0.4 is 0 Å². The molecule has 0 saturated carbocycles. The Hall–Kier alpha value is -1.97. The number of carbonyl (C=O) groups is 2. The first-order valence-corrected chi connectivity index (χ1v) is 6.06. The third kappa shape index (κ3) is 2.32. The summed E-state index contributed by atoms with van der Waals surface area (Å²) in [5.41, 5.74) is 2.45. The summed E-state index contributed by atoms with van der Waals surface area (Å²) >= 11 is 0. The molecule has 0 atom stereocenters. The summed E-state index contributed by atoms with van der Waals surface area (Å²) < 4.78 is 4.93. The van der Waals surface area contributed by atoms with Gasteiger partial charge in [0.05, 0.1) is 17.9 Å². The Morgan fingerprint density at radius 2 is 2.17 bits per heavy atom. The first-order chi connectivity index (χ1) is 8.65. The third-order valence-corrected chi connectivity index (χ3v) is 2.86. The second-order valence-corrected chi connectivity index (χ2v) is 4.08. The number of Topliss-reactive ketones (excluding diaryl/α,β-unsaturated/α-hetero) is 1. The van der Waals surface area contributed by atoms with Crippen LogP contribution >= 0.6 is 0 Å². The summed E-state index contributed by atoms with van der Waals surface area (Å²) in [4.78, 5) is 27.9. The van der Waals surface area contributed by atoms with Gasteiger partial charge in [-0.05, 0) is 31.5 Å². The number of ketones is 1. The van der Waals surface area contributed by atoms with Gasteiger partial charge in [-0.1, -0.05) is 6.92 Å². The lowest BCUT2D eigenvalue weighted by Gasteiger charge is -2.14. The summed E-state index contributed by atoms with van der Waals surface area (Å²) in [6.45, 7) is 4.05. The van der Waals surface area contributed by atoms with Crippen LogP contribution in [0.3, 0.4) is 0 Å². The van der Waals surface area contributed by atoms with Crippen LogP contribution in [0.1, 0.15) is 47.4 Å². The molecule has 1 aromatic rings. The molecular weight excluding hydrogens is 230 g/mol. The van der Waals surface area contributed by atoms with E-state index in [0.29, 0.717) is 29.8 Å². The fourth-order valence-electron chi connectivity index (χ4n) is 1.90. The van der Waals surface area contributed by atoms with E-state index in [2.05, 4.69) is 4.99 Å². The smallest absolute Gasteiger partial charge is 0.338 e. The van der Waals surface area contributed by atoms with Crippen molar-refractivity contribution >= 4 is 23.2 Å². The topological polar surface area (TPSA) is 55.7 Å². The molecule has 2 rings (SSSR count). The monoisotopic (exact) mass is 245 g/mol. The van der Waals surface area contributed by atoms with Crippen LogP contribution in [-0.4, -0.2) is 24.1 Å². The van der Waals surface area contributed by atoms with Gasteiger partial charge in [-0.15, -0.1) is 0 Å². The van der Waals surface area contributed by atoms with Crippen LogP contribution in [-0.2, 0) is 4.74 Å². The molecule has 1 aliphatic heterocycles. The molecule has 0 amide bonds. The zero-order valence-corrected chi connectivity index (χ0v) is 10.5. The molecule has 0 N–H and O–H groups in total. The molecule has 0 radical (unpaired) electrons. The van der Waals surface area contributed by atoms with Crippen molar-refractivity contribution in [2.45, 2.75) is 26.7 Å². The van der Waals surface area contributed by atoms with Gasteiger partial charge >= 0.3 is 5.97 Å². The Bertz CT molecular complexity index is 532. The molecule has 0 spiro atoms. The van der Waals surface area contributed by atoms with E-state index in [0.717, 1.165) is 12.1 Å². The maximum Gasteiger partial charge on any atom is 0.338 e. The minimum atomic E-state index is -0.383. The second-order valence-electron chi connectivity index (χ2n) is 4.08. The summed E-state index contributed by atoms with van der Waals surface area (Å²) in [5, 5.41) is 0. The average Bonchev–Trinajstić information content (AvgIpc) is 2.38. The Morgan fingerprint density at radius 3 is 2.83 bits per heavy atom. The molecular formula is C14H15NO3. The molecule has 0 bridgehead atoms. The second kappa shape index (κ2) is 5.12. The highest BCUT2D eigenvalue weighted by atomic mass is 16.5. The molecule has 0 unspecified atom stereocenters. The van der Waals surface area contributed by atoms with Gasteiger partial charge in [0.2, 0.25) is 0 Å². The number of ether oxygens (including phenoxy) is 1. The zero-order valence-electron chi connectivity index (χ0n) is 10.5. The van der Waals surface area contributed by atoms with Crippen LogP contribution in [0.4, 0.5) is 5.69 Å². The SMILES string of the molecule is CCOC(=O)c1ccc2c(c1)N=C(CC)CC2=O. The molecule has 4 heteroatoms. The van der Waals surface area contributed by atoms with Gasteiger partial charge in [0.1, 0.15) is 0 Å². The number of aliphatic imine (C=N–C) groups is 1. The number of rotatable bonds is 3. The highest BCUT2D eigenvalue weighted by Crippen LogP contribution is 2.28. The van der Waals surface area contributed by atoms with E-state index in [9.17, 15) is 9.59 Å². The van der Waals surface area contributed by atoms with Gasteiger partial charge < -0.3 is 4.74 Å². The average molecular weight is 245 g/mol. The van der Waals surface area contributed by atoms with Crippen LogP contribution in [0.2, 0.25) is 0 Å². The van der Waals surface area contributed by atoms with E-state index < -0.39 is 0 Å². The first kappa shape index (κ1) is 12.5. The molecule has 0 fully saturated rings. The number of nitrogens with zero attached hydrogens (tertiary/aromatic N) is 1. The standard InChI is InChI=1S/C14H15NO3/c1-3-10-8-13(16)11-6-5-9(7-12(11)15-10)14(17)18-4-2/h5-7H,3-4,8H2,1-2H3. The molecule has 94 valence electrons. The Morgan fingerprint density at radius 1 is 1.39 bits per heavy atom. The normalized spacial score (nSPS) is 13.9. The quantitative estimate of drug-likeness (QED) is 0.769. The van der Waals surface area contributed by atoms with E-state index in [1.54, 1.807) is 25.1 Å². The Labute approximate surface area is 106 Å². The number of esters is 1. The van der Waals surface area contributed by atoms with E-state index in [4.69, 9.17) is 4.74 Å². The van der Waals surface area contributed by atoms with Crippen LogP contribution in [0, 0.1) is 0 Å². The van der Waals surface area contributed by atoms with E-state index in [1.165, 1.54) is 0 Å². The van der Waals surface area contributed by atoms with Gasteiger partial charge in [-0.2, -0.15) is 0 Å². The van der Waals surface area contributed by atoms with Crippen LogP contribution in [0.15, 0.2) is 23.2 Å². The fourth-order valence-corrected chi connectivity index (χ4v) is 1.90. The highest BCUT2D eigenvalue weighted by molar-refractivity contribution is 6.16. The minimum absolute atomic E-state index is 0.0623. The Kier molecular flexibility index (Phi) is 3.55. The van der Waals surface area contributed by atoms with Crippen molar-refractivity contribution < 1.29 is 14.3 Å². The van der Waals surface area contributed by atoms with E-state index >= 15 is 0 Å². The lowest BCUT2D eigenvalue weighted by molar-refractivity contribution is 0.0526. The van der Waals surface area contributed by atoms with Crippen LogP contribution in [0.25, 0.3) is 0 Å². The largest absolute Gasteiger partial charge is 0.462 e. The summed E-state index contributed by atoms with van der Waals surface area (Å²) in [5.74, 6) is -0.321. The van der Waals surface area contributed by atoms with Crippen molar-refractivity contribution in [1.82, 2.24) is 0 Å². The van der Waals surface area contributed by atoms with Gasteiger partial charge in [0.15, 0.2) is 5.78 Å². The van der Waals surface area contributed by atoms with E-state index in [1.807, 2.05) is 6.92 Å². The molecule has 1 heterocycles. The lowest BCUT2D eigenvalue weighted by Crippen LogP contribution is -2.13. The number of hydrogen-bond acceptors (Lipinski definition) is 4. The summed E-state index contributed by atoms with van der Waals surface area (Å²) in [6, 6.07) is 4.89. The maximum absolute atomic E-state index is 11.9. The number of benzene rings is 1. The van der Waals surface area contributed by atoms with Crippen molar-refractivity contribution in [3.05, 3.63) is 29.3 Å². The lowest BCUT2D eigenvalue weighted by atomic mass is 9.97. The molecule has 18 heavy (non-hydrogen) atoms. The first-order valence-electron chi connectivity index (χ1n) is 6.06. The maximum atomic E-state index is 11.9. The highest BCUT2D eigenvalue weighted by Gasteiger charge is 2.20. The minimum Gasteiger partial charge on any atom is -0.462 e. The van der Waals surface area contributed by atoms with Gasteiger partial charge in [-0.25, -0.2) is 4.79 Å². The predicted octanol–water partition coefficient (Wildman–Crippen LogP) is 2.93. The van der Waals surface area contributed by atoms with Gasteiger partial charge in [-0.3, -0.25) is 9.79 Å². The van der Waals surface area contributed by atoms with E-state index in [-0.39, 0.29) is 11.8 Å². The van der Waals surface area contributed by atoms with Crippen molar-refractivity contribution in [3.8, 4) is 0 Å². The number of fused-ring (bicyclic) bond motifs is 1. The van der Waals surface area contributed by atoms with Crippen molar-refractivity contribution in [2.75, 3.05) is 6.61 Å². The Balaban J connectivity index is 2.40. The fraction of sp³-hybridized carbons (Fsp3) is 0.357. The number of hydrogen-bond donors (Lipinski definition) is 0. The zero-order chi connectivity index (χ0) is 13.1. The predicted molar refractivity (Wildman–Crippen MR) is 68.7 cm³/mol. The third-order valence-electron chi connectivity index (χ3n) is 2.86. The molecule has 0 aliphatic carbocycles. The van der Waals surface area contributed by atoms with Crippen molar-refractivity contribution in [1.29, 1.82) is 0 Å². The van der Waals surface area contributed by atoms with Crippen LogP contribution in [0.5, 0.6) is 0 Å². The molecule has 1 aromatic carbocycles. The summed E-state index contributed by atoms with van der Waals surface area (Å²) in [6.07, 6.45) is 1.12. The molecule has 1 aliphatic rings. The van der Waals surface area contributed by atoms with Crippen molar-refractivity contribution in [3.63, 3.8) is 0 Å². The summed E-state index contributed by atoms with van der Waals surface area (Å²) in [7, 11) is 0. The molecule has 4 nitrogen and oxygen atoms in total. The van der Waals surface area contributed by atoms with Crippen molar-refractivity contribution in [2.24, 2.45) is 4.99 Å². The number of carbonyl (C=O) groups excluding carboxylic acids is 2. The van der Waals surface area contributed by atoms with Gasteiger partial charge in [0.25, 0.3) is 0 Å². The molecule has 0 aromatic heterocycles. The van der Waals surface area contributed by atoms with Gasteiger partial charge in [0, 0.05) is 17.7 Å².